The molecular weight excluding hydrogens is 160 g/mol. The van der Waals surface area contributed by atoms with E-state index in [4.69, 9.17) is 10.5 Å². The molecule has 1 aromatic rings. The van der Waals surface area contributed by atoms with E-state index in [1.165, 1.54) is 5.56 Å². The van der Waals surface area contributed by atoms with Crippen molar-refractivity contribution < 1.29 is 20.6 Å². The van der Waals surface area contributed by atoms with Crippen LogP contribution in [0.4, 0.5) is 0 Å². The zero-order chi connectivity index (χ0) is 9.23. The van der Waals surface area contributed by atoms with Crippen LogP contribution in [0.5, 0.6) is 0 Å². The van der Waals surface area contributed by atoms with E-state index < -0.39 is 0 Å². The molecule has 0 aliphatic heterocycles. The molecule has 0 unspecified atom stereocenters. The second-order valence-electron chi connectivity index (χ2n) is 1.99. The topological polar surface area (TPSA) is 58.9 Å². The van der Waals surface area contributed by atoms with Crippen molar-refractivity contribution in [2.75, 3.05) is 0 Å². The van der Waals surface area contributed by atoms with Gasteiger partial charge in [-0.2, -0.15) is 0 Å². The minimum Gasteiger partial charge on any atom is -0.219 e. The van der Waals surface area contributed by atoms with Crippen LogP contribution in [0.25, 0.3) is 0 Å². The van der Waals surface area contributed by atoms with Gasteiger partial charge < -0.3 is 0 Å². The molecule has 4 heteroatoms. The first kappa shape index (κ1) is 11.1. The summed E-state index contributed by atoms with van der Waals surface area (Å²) in [6.45, 7) is 2.16. The van der Waals surface area contributed by atoms with Crippen LogP contribution in [0.3, 0.4) is 0 Å². The van der Waals surface area contributed by atoms with Crippen LogP contribution in [0.2, 0.25) is 0 Å². The minimum absolute atomic E-state index is 1.14. The van der Waals surface area contributed by atoms with Gasteiger partial charge in [-0.25, -0.2) is 10.5 Å². The normalized spacial score (nSPS) is 8.58. The first-order valence-corrected chi connectivity index (χ1v) is 3.50. The van der Waals surface area contributed by atoms with Gasteiger partial charge in [0.05, 0.1) is 0 Å². The van der Waals surface area contributed by atoms with E-state index in [-0.39, 0.29) is 0 Å². The van der Waals surface area contributed by atoms with Crippen molar-refractivity contribution in [1.82, 2.24) is 0 Å². The third-order valence-corrected chi connectivity index (χ3v) is 1.28. The Bertz CT molecular complexity index is 174. The van der Waals surface area contributed by atoms with Crippen molar-refractivity contribution in [3.8, 4) is 0 Å². The number of rotatable bonds is 2. The predicted molar refractivity (Wildman–Crippen MR) is 43.2 cm³/mol. The smallest absolute Gasteiger partial charge is 0.0307 e. The predicted octanol–water partition coefficient (Wildman–Crippen LogP) is 2.13. The van der Waals surface area contributed by atoms with Gasteiger partial charge in [-0.1, -0.05) is 37.3 Å². The van der Waals surface area contributed by atoms with Gasteiger partial charge in [0.2, 0.25) is 0 Å². The number of hydrogen-bond donors (Lipinski definition) is 2. The van der Waals surface area contributed by atoms with E-state index in [0.717, 1.165) is 6.42 Å². The standard InChI is InChI=1S/C8H10.H2O4/c1-2-8-6-4-3-5-7-8;1-3-4-2/h3-7H,2H2,1H3;1-2H. The van der Waals surface area contributed by atoms with Crippen molar-refractivity contribution in [2.24, 2.45) is 0 Å². The SMILES string of the molecule is CCc1ccccc1.OOOO. The van der Waals surface area contributed by atoms with Crippen molar-refractivity contribution in [3.63, 3.8) is 0 Å². The molecule has 68 valence electrons. The zero-order valence-corrected chi connectivity index (χ0v) is 6.80. The molecule has 0 aromatic heterocycles. The number of benzene rings is 1. The molecule has 0 radical (unpaired) electrons. The van der Waals surface area contributed by atoms with Crippen LogP contribution in [0.1, 0.15) is 12.5 Å². The van der Waals surface area contributed by atoms with Gasteiger partial charge in [0.25, 0.3) is 0 Å². The number of aryl methyl sites for hydroxylation is 1. The van der Waals surface area contributed by atoms with Crippen LogP contribution in [-0.2, 0) is 16.5 Å². The van der Waals surface area contributed by atoms with E-state index in [9.17, 15) is 0 Å². The molecule has 2 N–H and O–H groups in total. The number of hydrogen-bond acceptors (Lipinski definition) is 4. The fraction of sp³-hybridized carbons (Fsp3) is 0.250. The van der Waals surface area contributed by atoms with E-state index in [1.807, 2.05) is 6.07 Å². The summed E-state index contributed by atoms with van der Waals surface area (Å²) in [6, 6.07) is 10.5. The highest BCUT2D eigenvalue weighted by Gasteiger charge is 1.79. The Morgan fingerprint density at radius 3 is 1.83 bits per heavy atom. The Balaban J connectivity index is 0.000000261. The van der Waals surface area contributed by atoms with Gasteiger partial charge in [0, 0.05) is 0 Å². The molecule has 12 heavy (non-hydrogen) atoms. The van der Waals surface area contributed by atoms with Crippen molar-refractivity contribution >= 4 is 0 Å². The third kappa shape index (κ3) is 5.82. The van der Waals surface area contributed by atoms with Gasteiger partial charge in [-0.05, 0) is 22.1 Å². The Hall–Kier alpha value is -0.940. The monoisotopic (exact) mass is 172 g/mol. The Morgan fingerprint density at radius 2 is 1.58 bits per heavy atom. The van der Waals surface area contributed by atoms with Crippen molar-refractivity contribution in [3.05, 3.63) is 35.9 Å². The highest BCUT2D eigenvalue weighted by molar-refractivity contribution is 5.13. The maximum Gasteiger partial charge on any atom is -0.0307 e. The molecule has 0 amide bonds. The molecule has 0 heterocycles. The maximum absolute atomic E-state index is 6.90. The summed E-state index contributed by atoms with van der Waals surface area (Å²) in [5.41, 5.74) is 1.41. The van der Waals surface area contributed by atoms with E-state index in [2.05, 4.69) is 41.3 Å². The second kappa shape index (κ2) is 8.16. The Labute approximate surface area is 70.8 Å². The summed E-state index contributed by atoms with van der Waals surface area (Å²) < 4.78 is 0. The summed E-state index contributed by atoms with van der Waals surface area (Å²) in [7, 11) is 0. The first-order chi connectivity index (χ1) is 5.85. The van der Waals surface area contributed by atoms with Gasteiger partial charge in [0.1, 0.15) is 0 Å². The summed E-state index contributed by atoms with van der Waals surface area (Å²) in [5.74, 6) is 0. The van der Waals surface area contributed by atoms with Crippen LogP contribution < -0.4 is 0 Å². The van der Waals surface area contributed by atoms with E-state index >= 15 is 0 Å². The Kier molecular flexibility index (Phi) is 7.52. The summed E-state index contributed by atoms with van der Waals surface area (Å²) in [4.78, 5) is 0. The van der Waals surface area contributed by atoms with E-state index in [0.29, 0.717) is 0 Å². The average molecular weight is 172 g/mol. The van der Waals surface area contributed by atoms with Gasteiger partial charge in [-0.15, -0.1) is 0 Å². The van der Waals surface area contributed by atoms with Crippen LogP contribution in [-0.4, -0.2) is 10.5 Å². The molecule has 4 nitrogen and oxygen atoms in total. The molecule has 0 bridgehead atoms. The molecule has 0 aliphatic carbocycles. The lowest BCUT2D eigenvalue weighted by atomic mass is 10.2. The van der Waals surface area contributed by atoms with Gasteiger partial charge >= 0.3 is 0 Å². The summed E-state index contributed by atoms with van der Waals surface area (Å²) in [5, 5.41) is 19.0. The fourth-order valence-electron chi connectivity index (χ4n) is 0.714. The average Bonchev–Trinajstić information content (AvgIpc) is 2.19. The highest BCUT2D eigenvalue weighted by Crippen LogP contribution is 1.96. The van der Waals surface area contributed by atoms with Crippen LogP contribution in [0, 0.1) is 0 Å². The molecule has 0 saturated heterocycles. The van der Waals surface area contributed by atoms with Crippen LogP contribution in [0.15, 0.2) is 30.3 Å². The third-order valence-electron chi connectivity index (χ3n) is 1.28. The minimum atomic E-state index is 1.14. The van der Waals surface area contributed by atoms with Gasteiger partial charge in [0.15, 0.2) is 0 Å². The first-order valence-electron chi connectivity index (χ1n) is 3.50. The molecule has 0 aliphatic rings. The molecular formula is C8H12O4. The molecule has 0 fully saturated rings. The van der Waals surface area contributed by atoms with Gasteiger partial charge in [-0.3, -0.25) is 0 Å². The molecule has 1 rings (SSSR count). The molecule has 1 aromatic carbocycles. The lowest BCUT2D eigenvalue weighted by Gasteiger charge is -1.89. The lowest BCUT2D eigenvalue weighted by Crippen LogP contribution is -1.75. The van der Waals surface area contributed by atoms with Crippen LogP contribution >= 0.6 is 0 Å². The molecule has 0 atom stereocenters. The fourth-order valence-corrected chi connectivity index (χ4v) is 0.714. The lowest BCUT2D eigenvalue weighted by molar-refractivity contribution is -0.611. The summed E-state index contributed by atoms with van der Waals surface area (Å²) in [6.07, 6.45) is 1.14. The van der Waals surface area contributed by atoms with Crippen molar-refractivity contribution in [1.29, 1.82) is 0 Å². The second-order valence-corrected chi connectivity index (χ2v) is 1.99. The highest BCUT2D eigenvalue weighted by atomic mass is 17.6. The van der Waals surface area contributed by atoms with Crippen molar-refractivity contribution in [2.45, 2.75) is 13.3 Å². The zero-order valence-electron chi connectivity index (χ0n) is 6.80. The quantitative estimate of drug-likeness (QED) is 0.530. The largest absolute Gasteiger partial charge is 0.219 e. The molecule has 0 saturated carbocycles. The Morgan fingerprint density at radius 1 is 1.08 bits per heavy atom. The molecule has 0 spiro atoms. The summed E-state index contributed by atoms with van der Waals surface area (Å²) >= 11 is 0. The van der Waals surface area contributed by atoms with E-state index in [1.54, 1.807) is 0 Å². The maximum atomic E-state index is 6.90.